The van der Waals surface area contributed by atoms with E-state index in [1.807, 2.05) is 6.92 Å². The van der Waals surface area contributed by atoms with Gasteiger partial charge in [-0.05, 0) is 12.8 Å². The van der Waals surface area contributed by atoms with E-state index < -0.39 is 12.2 Å². The Morgan fingerprint density at radius 1 is 1.60 bits per heavy atom. The average Bonchev–Trinajstić information content (AvgIpc) is 2.48. The van der Waals surface area contributed by atoms with Gasteiger partial charge in [-0.1, -0.05) is 18.8 Å². The van der Waals surface area contributed by atoms with Gasteiger partial charge in [-0.2, -0.15) is 0 Å². The third-order valence-corrected chi connectivity index (χ3v) is 3.55. The smallest absolute Gasteiger partial charge is 0.136 e. The average molecular weight is 208 g/mol. The third kappa shape index (κ3) is 1.80. The third-order valence-electron chi connectivity index (χ3n) is 3.55. The van der Waals surface area contributed by atoms with Crippen molar-refractivity contribution in [3.05, 3.63) is 0 Å². The molecule has 3 nitrogen and oxygen atoms in total. The first-order valence-electron chi connectivity index (χ1n) is 5.53. The summed E-state index contributed by atoms with van der Waals surface area (Å²) in [5.74, 6) is 5.94. The first kappa shape index (κ1) is 10.7. The van der Waals surface area contributed by atoms with E-state index in [-0.39, 0.29) is 23.5 Å². The predicted molar refractivity (Wildman–Crippen MR) is 54.8 cm³/mol. The van der Waals surface area contributed by atoms with Gasteiger partial charge in [0.25, 0.3) is 0 Å². The number of hydrogen-bond acceptors (Lipinski definition) is 3. The Morgan fingerprint density at radius 3 is 2.87 bits per heavy atom. The molecule has 5 atom stereocenters. The highest BCUT2D eigenvalue weighted by atomic mass is 16.3. The molecule has 0 heterocycles. The van der Waals surface area contributed by atoms with Crippen molar-refractivity contribution in [3.8, 4) is 11.8 Å². The standard InChI is InChI=1S/C12H16O3/c1-2-8(13)4-3-7-5-9-10(12(7)15)6-11(9)14/h7-10,12-13,15H,2,5-6H2,1H3. The normalized spacial score (nSPS) is 40.1. The van der Waals surface area contributed by atoms with Gasteiger partial charge in [0.05, 0.1) is 6.10 Å². The van der Waals surface area contributed by atoms with Gasteiger partial charge in [-0.15, -0.1) is 0 Å². The second kappa shape index (κ2) is 3.96. The molecule has 5 unspecified atom stereocenters. The molecule has 0 aromatic carbocycles. The van der Waals surface area contributed by atoms with Crippen molar-refractivity contribution in [1.29, 1.82) is 0 Å². The summed E-state index contributed by atoms with van der Waals surface area (Å²) in [4.78, 5) is 11.2. The molecule has 2 aliphatic rings. The largest absolute Gasteiger partial charge is 0.392 e. The van der Waals surface area contributed by atoms with Crippen molar-refractivity contribution in [1.82, 2.24) is 0 Å². The fourth-order valence-electron chi connectivity index (χ4n) is 2.43. The molecule has 2 rings (SSSR count). The number of Topliss-reactive ketones (excluding diaryl/α,β-unsaturated/α-hetero) is 1. The van der Waals surface area contributed by atoms with Crippen molar-refractivity contribution in [2.24, 2.45) is 17.8 Å². The summed E-state index contributed by atoms with van der Waals surface area (Å²) in [5.41, 5.74) is 0. The molecule has 0 aromatic rings. The number of ketones is 1. The van der Waals surface area contributed by atoms with Crippen molar-refractivity contribution in [3.63, 3.8) is 0 Å². The van der Waals surface area contributed by atoms with E-state index >= 15 is 0 Å². The zero-order chi connectivity index (χ0) is 11.0. The minimum atomic E-state index is -0.605. The zero-order valence-electron chi connectivity index (χ0n) is 8.81. The van der Waals surface area contributed by atoms with Crippen LogP contribution in [0.3, 0.4) is 0 Å². The summed E-state index contributed by atoms with van der Waals surface area (Å²) >= 11 is 0. The Morgan fingerprint density at radius 2 is 2.33 bits per heavy atom. The number of carbonyl (C=O) groups is 1. The highest BCUT2D eigenvalue weighted by Gasteiger charge is 2.52. The second-order valence-electron chi connectivity index (χ2n) is 4.49. The topological polar surface area (TPSA) is 57.5 Å². The highest BCUT2D eigenvalue weighted by Crippen LogP contribution is 2.47. The molecular formula is C12H16O3. The van der Waals surface area contributed by atoms with E-state index in [1.165, 1.54) is 0 Å². The van der Waals surface area contributed by atoms with E-state index in [1.54, 1.807) is 0 Å². The van der Waals surface area contributed by atoms with Gasteiger partial charge in [0.15, 0.2) is 0 Å². The van der Waals surface area contributed by atoms with Gasteiger partial charge in [0.1, 0.15) is 11.9 Å². The SMILES string of the molecule is CCC(O)C#CC1CC2C(=O)CC2C1O. The molecule has 2 fully saturated rings. The Hall–Kier alpha value is -0.850. The van der Waals surface area contributed by atoms with Gasteiger partial charge < -0.3 is 10.2 Å². The lowest BCUT2D eigenvalue weighted by molar-refractivity contribution is -0.135. The maximum atomic E-state index is 11.2. The fraction of sp³-hybridized carbons (Fsp3) is 0.750. The molecule has 2 aliphatic carbocycles. The molecule has 0 aromatic heterocycles. The van der Waals surface area contributed by atoms with Crippen LogP contribution in [0.1, 0.15) is 26.2 Å². The van der Waals surface area contributed by atoms with Crippen molar-refractivity contribution in [2.75, 3.05) is 0 Å². The Kier molecular flexibility index (Phi) is 2.81. The molecule has 0 spiro atoms. The van der Waals surface area contributed by atoms with Crippen LogP contribution in [0, 0.1) is 29.6 Å². The molecule has 3 heteroatoms. The molecule has 0 amide bonds. The number of aliphatic hydroxyl groups excluding tert-OH is 2. The number of hydrogen-bond donors (Lipinski definition) is 2. The van der Waals surface area contributed by atoms with Crippen molar-refractivity contribution in [2.45, 2.75) is 38.4 Å². The number of carbonyl (C=O) groups excluding carboxylic acids is 1. The molecule has 2 saturated carbocycles. The van der Waals surface area contributed by atoms with E-state index in [2.05, 4.69) is 11.8 Å². The quantitative estimate of drug-likeness (QED) is 0.611. The van der Waals surface area contributed by atoms with Gasteiger partial charge in [0.2, 0.25) is 0 Å². The molecule has 0 aliphatic heterocycles. The van der Waals surface area contributed by atoms with Crippen LogP contribution in [0.15, 0.2) is 0 Å². The zero-order valence-corrected chi connectivity index (χ0v) is 8.81. The molecule has 2 N–H and O–H groups in total. The van der Waals surface area contributed by atoms with Crippen LogP contribution >= 0.6 is 0 Å². The van der Waals surface area contributed by atoms with E-state index in [0.717, 1.165) is 0 Å². The Labute approximate surface area is 89.5 Å². The number of aliphatic hydroxyl groups is 2. The second-order valence-corrected chi connectivity index (χ2v) is 4.49. The Bertz CT molecular complexity index is 325. The van der Waals surface area contributed by atoms with Crippen LogP contribution in [-0.2, 0) is 4.79 Å². The summed E-state index contributed by atoms with van der Waals surface area (Å²) in [5, 5.41) is 19.1. The predicted octanol–water partition coefficient (Wildman–Crippen LogP) is 0.347. The van der Waals surface area contributed by atoms with Crippen LogP contribution in [0.2, 0.25) is 0 Å². The molecule has 0 bridgehead atoms. The number of rotatable bonds is 1. The van der Waals surface area contributed by atoms with Gasteiger partial charge in [-0.3, -0.25) is 4.79 Å². The first-order valence-corrected chi connectivity index (χ1v) is 5.53. The minimum Gasteiger partial charge on any atom is -0.392 e. The Balaban J connectivity index is 1.99. The molecule has 0 radical (unpaired) electrons. The minimum absolute atomic E-state index is 0.0399. The van der Waals surface area contributed by atoms with Crippen LogP contribution < -0.4 is 0 Å². The fourth-order valence-corrected chi connectivity index (χ4v) is 2.43. The molecule has 0 saturated heterocycles. The van der Waals surface area contributed by atoms with Crippen LogP contribution in [-0.4, -0.2) is 28.2 Å². The van der Waals surface area contributed by atoms with Crippen LogP contribution in [0.25, 0.3) is 0 Å². The summed E-state index contributed by atoms with van der Waals surface area (Å²) in [7, 11) is 0. The van der Waals surface area contributed by atoms with Crippen LogP contribution in [0.5, 0.6) is 0 Å². The lowest BCUT2D eigenvalue weighted by atomic mass is 9.74. The summed E-state index contributed by atoms with van der Waals surface area (Å²) in [6.07, 6.45) is 0.714. The van der Waals surface area contributed by atoms with Crippen LogP contribution in [0.4, 0.5) is 0 Å². The summed E-state index contributed by atoms with van der Waals surface area (Å²) in [6.45, 7) is 1.86. The van der Waals surface area contributed by atoms with Crippen molar-refractivity contribution >= 4 is 5.78 Å². The van der Waals surface area contributed by atoms with Gasteiger partial charge in [0, 0.05) is 24.2 Å². The maximum Gasteiger partial charge on any atom is 0.136 e. The lowest BCUT2D eigenvalue weighted by Gasteiger charge is -2.29. The van der Waals surface area contributed by atoms with Gasteiger partial charge >= 0.3 is 0 Å². The molecular weight excluding hydrogens is 192 g/mol. The highest BCUT2D eigenvalue weighted by molar-refractivity contribution is 5.88. The molecule has 15 heavy (non-hydrogen) atoms. The lowest BCUT2D eigenvalue weighted by Crippen LogP contribution is -2.38. The van der Waals surface area contributed by atoms with Gasteiger partial charge in [-0.25, -0.2) is 0 Å². The number of fused-ring (bicyclic) bond motifs is 1. The molecule has 82 valence electrons. The summed E-state index contributed by atoms with van der Waals surface area (Å²) < 4.78 is 0. The van der Waals surface area contributed by atoms with E-state index in [0.29, 0.717) is 19.3 Å². The van der Waals surface area contributed by atoms with E-state index in [4.69, 9.17) is 0 Å². The summed E-state index contributed by atoms with van der Waals surface area (Å²) in [6, 6.07) is 0. The van der Waals surface area contributed by atoms with Crippen molar-refractivity contribution < 1.29 is 15.0 Å². The maximum absolute atomic E-state index is 11.2. The monoisotopic (exact) mass is 208 g/mol. The van der Waals surface area contributed by atoms with E-state index in [9.17, 15) is 15.0 Å². The first-order chi connectivity index (χ1) is 7.13.